The molecule has 0 bridgehead atoms. The summed E-state index contributed by atoms with van der Waals surface area (Å²) in [5.74, 6) is -2.04. The molecule has 6 heteroatoms. The molecule has 0 spiro atoms. The summed E-state index contributed by atoms with van der Waals surface area (Å²) in [4.78, 5) is 16.0. The summed E-state index contributed by atoms with van der Waals surface area (Å²) in [6.07, 6.45) is 1.34. The first-order valence-electron chi connectivity index (χ1n) is 6.27. The highest BCUT2D eigenvalue weighted by Gasteiger charge is 2.09. The van der Waals surface area contributed by atoms with E-state index in [0.29, 0.717) is 16.5 Å². The molecule has 0 N–H and O–H groups in total. The first kappa shape index (κ1) is 14.4. The second-order valence-corrected chi connectivity index (χ2v) is 4.90. The molecule has 3 nitrogen and oxygen atoms in total. The Kier molecular flexibility index (Phi) is 3.73. The van der Waals surface area contributed by atoms with E-state index in [0.717, 1.165) is 12.1 Å². The van der Waals surface area contributed by atoms with Crippen LogP contribution in [-0.2, 0) is 0 Å². The zero-order valence-corrected chi connectivity index (χ0v) is 11.8. The van der Waals surface area contributed by atoms with Gasteiger partial charge in [0.15, 0.2) is 11.6 Å². The number of nitrogens with zero attached hydrogens (tertiary/aromatic N) is 1. The van der Waals surface area contributed by atoms with E-state index in [1.807, 2.05) is 0 Å². The SMILES string of the molecule is O=c1oc(/C(Cl)=C/c2ccc(F)c(F)c2)nc2ccccc12. The molecule has 1 heterocycles. The van der Waals surface area contributed by atoms with Crippen LogP contribution in [0.15, 0.2) is 51.7 Å². The maximum atomic E-state index is 13.2. The van der Waals surface area contributed by atoms with Crippen molar-refractivity contribution < 1.29 is 13.2 Å². The molecule has 0 saturated heterocycles. The number of para-hydroxylation sites is 1. The van der Waals surface area contributed by atoms with E-state index in [9.17, 15) is 13.6 Å². The quantitative estimate of drug-likeness (QED) is 0.711. The number of hydrogen-bond acceptors (Lipinski definition) is 3. The van der Waals surface area contributed by atoms with Crippen molar-refractivity contribution >= 4 is 33.6 Å². The van der Waals surface area contributed by atoms with Crippen LogP contribution < -0.4 is 5.63 Å². The second-order valence-electron chi connectivity index (χ2n) is 4.49. The monoisotopic (exact) mass is 319 g/mol. The van der Waals surface area contributed by atoms with Gasteiger partial charge in [0.2, 0.25) is 5.89 Å². The molecule has 0 atom stereocenters. The Labute approximate surface area is 128 Å². The zero-order valence-electron chi connectivity index (χ0n) is 11.0. The minimum atomic E-state index is -0.994. The second kappa shape index (κ2) is 5.69. The van der Waals surface area contributed by atoms with Gasteiger partial charge >= 0.3 is 5.63 Å². The van der Waals surface area contributed by atoms with Crippen LogP contribution in [0.4, 0.5) is 8.78 Å². The van der Waals surface area contributed by atoms with Crippen LogP contribution in [0.3, 0.4) is 0 Å². The number of halogens is 3. The highest BCUT2D eigenvalue weighted by Crippen LogP contribution is 2.22. The van der Waals surface area contributed by atoms with Crippen molar-refractivity contribution in [2.45, 2.75) is 0 Å². The molecule has 1 aromatic heterocycles. The van der Waals surface area contributed by atoms with Crippen LogP contribution in [0.1, 0.15) is 11.5 Å². The van der Waals surface area contributed by atoms with E-state index < -0.39 is 17.3 Å². The molecule has 0 unspecified atom stereocenters. The standard InChI is InChI=1S/C16H8ClF2NO2/c17-11(7-9-5-6-12(18)13(19)8-9)15-20-14-4-2-1-3-10(14)16(21)22-15/h1-8H/b11-7-. The first-order chi connectivity index (χ1) is 10.5. The van der Waals surface area contributed by atoms with Crippen molar-refractivity contribution in [2.24, 2.45) is 0 Å². The molecular formula is C16H8ClF2NO2. The van der Waals surface area contributed by atoms with Gasteiger partial charge in [-0.3, -0.25) is 0 Å². The van der Waals surface area contributed by atoms with Crippen LogP contribution >= 0.6 is 11.6 Å². The van der Waals surface area contributed by atoms with Gasteiger partial charge in [0.1, 0.15) is 5.03 Å². The topological polar surface area (TPSA) is 43.1 Å². The maximum Gasteiger partial charge on any atom is 0.347 e. The largest absolute Gasteiger partial charge is 0.402 e. The van der Waals surface area contributed by atoms with E-state index in [-0.39, 0.29) is 10.9 Å². The number of fused-ring (bicyclic) bond motifs is 1. The van der Waals surface area contributed by atoms with Gasteiger partial charge in [-0.1, -0.05) is 29.8 Å². The minimum absolute atomic E-state index is 0.00820. The van der Waals surface area contributed by atoms with Crippen molar-refractivity contribution in [1.29, 1.82) is 0 Å². The lowest BCUT2D eigenvalue weighted by molar-refractivity contribution is 0.489. The van der Waals surface area contributed by atoms with Crippen LogP contribution in [-0.4, -0.2) is 4.98 Å². The average molecular weight is 320 g/mol. The van der Waals surface area contributed by atoms with Crippen molar-refractivity contribution in [3.8, 4) is 0 Å². The zero-order chi connectivity index (χ0) is 15.7. The van der Waals surface area contributed by atoms with Gasteiger partial charge in [-0.2, -0.15) is 0 Å². The first-order valence-corrected chi connectivity index (χ1v) is 6.65. The Hall–Kier alpha value is -2.53. The van der Waals surface area contributed by atoms with Crippen molar-refractivity contribution in [3.05, 3.63) is 76.0 Å². The maximum absolute atomic E-state index is 13.2. The lowest BCUT2D eigenvalue weighted by Gasteiger charge is -2.01. The van der Waals surface area contributed by atoms with Gasteiger partial charge in [-0.25, -0.2) is 18.6 Å². The van der Waals surface area contributed by atoms with Gasteiger partial charge < -0.3 is 4.42 Å². The molecule has 0 fully saturated rings. The predicted octanol–water partition coefficient (Wildman–Crippen LogP) is 4.20. The lowest BCUT2D eigenvalue weighted by Crippen LogP contribution is -2.03. The number of rotatable bonds is 2. The molecule has 0 aliphatic carbocycles. The van der Waals surface area contributed by atoms with Crippen molar-refractivity contribution in [1.82, 2.24) is 4.98 Å². The van der Waals surface area contributed by atoms with E-state index in [1.54, 1.807) is 24.3 Å². The molecule has 0 aliphatic heterocycles. The van der Waals surface area contributed by atoms with E-state index in [4.69, 9.17) is 16.0 Å². The van der Waals surface area contributed by atoms with Crippen LogP contribution in [0, 0.1) is 11.6 Å². The minimum Gasteiger partial charge on any atom is -0.402 e. The summed E-state index contributed by atoms with van der Waals surface area (Å²) in [7, 11) is 0. The summed E-state index contributed by atoms with van der Waals surface area (Å²) < 4.78 is 31.1. The van der Waals surface area contributed by atoms with Gasteiger partial charge in [0.05, 0.1) is 10.9 Å². The molecule has 0 amide bonds. The summed E-state index contributed by atoms with van der Waals surface area (Å²) in [5.41, 5.74) is 0.185. The number of hydrogen-bond donors (Lipinski definition) is 0. The third-order valence-corrected chi connectivity index (χ3v) is 3.25. The molecule has 110 valence electrons. The molecule has 0 radical (unpaired) electrons. The van der Waals surface area contributed by atoms with E-state index in [2.05, 4.69) is 4.98 Å². The average Bonchev–Trinajstić information content (AvgIpc) is 2.51. The fourth-order valence-corrected chi connectivity index (χ4v) is 2.14. The van der Waals surface area contributed by atoms with Gasteiger partial charge in [0, 0.05) is 0 Å². The van der Waals surface area contributed by atoms with Gasteiger partial charge in [-0.05, 0) is 35.9 Å². The Balaban J connectivity index is 2.08. The van der Waals surface area contributed by atoms with Crippen LogP contribution in [0.5, 0.6) is 0 Å². The fraction of sp³-hybridized carbons (Fsp3) is 0. The third-order valence-electron chi connectivity index (χ3n) is 2.98. The van der Waals surface area contributed by atoms with E-state index in [1.165, 1.54) is 12.1 Å². The van der Waals surface area contributed by atoms with Crippen LogP contribution in [0.2, 0.25) is 0 Å². The van der Waals surface area contributed by atoms with Gasteiger partial charge in [-0.15, -0.1) is 0 Å². The Morgan fingerprint density at radius 1 is 1.14 bits per heavy atom. The van der Waals surface area contributed by atoms with Crippen LogP contribution in [0.25, 0.3) is 22.0 Å². The summed E-state index contributed by atoms with van der Waals surface area (Å²) in [6.45, 7) is 0. The summed E-state index contributed by atoms with van der Waals surface area (Å²) in [5, 5.41) is 0.345. The molecule has 22 heavy (non-hydrogen) atoms. The number of benzene rings is 2. The Morgan fingerprint density at radius 2 is 1.91 bits per heavy atom. The van der Waals surface area contributed by atoms with Gasteiger partial charge in [0.25, 0.3) is 0 Å². The Morgan fingerprint density at radius 3 is 2.68 bits per heavy atom. The van der Waals surface area contributed by atoms with E-state index >= 15 is 0 Å². The molecule has 3 rings (SSSR count). The normalized spacial score (nSPS) is 11.9. The van der Waals surface area contributed by atoms with Crippen molar-refractivity contribution in [3.63, 3.8) is 0 Å². The lowest BCUT2D eigenvalue weighted by atomic mass is 10.2. The van der Waals surface area contributed by atoms with Crippen molar-refractivity contribution in [2.75, 3.05) is 0 Å². The highest BCUT2D eigenvalue weighted by atomic mass is 35.5. The third kappa shape index (κ3) is 2.76. The fourth-order valence-electron chi connectivity index (χ4n) is 1.93. The molecule has 3 aromatic rings. The molecule has 0 saturated carbocycles. The molecule has 2 aromatic carbocycles. The smallest absolute Gasteiger partial charge is 0.347 e. The molecule has 0 aliphatic rings. The number of aromatic nitrogens is 1. The molecular weight excluding hydrogens is 312 g/mol. The summed E-state index contributed by atoms with van der Waals surface area (Å²) in [6, 6.07) is 9.97. The summed E-state index contributed by atoms with van der Waals surface area (Å²) >= 11 is 6.06. The highest BCUT2D eigenvalue weighted by molar-refractivity contribution is 6.50. The Bertz CT molecular complexity index is 950. The predicted molar refractivity (Wildman–Crippen MR) is 80.4 cm³/mol.